The number of aromatic nitrogens is 3. The maximum Gasteiger partial charge on any atom is 0.406 e. The molecule has 34 heavy (non-hydrogen) atoms. The van der Waals surface area contributed by atoms with Crippen LogP contribution in [0.25, 0.3) is 11.2 Å². The monoisotopic (exact) mass is 471 g/mol. The zero-order valence-corrected chi connectivity index (χ0v) is 20.7. The topological polar surface area (TPSA) is 98.6 Å². The van der Waals surface area contributed by atoms with Crippen LogP contribution in [0.1, 0.15) is 82.5 Å². The summed E-state index contributed by atoms with van der Waals surface area (Å²) in [7, 11) is 1.36. The van der Waals surface area contributed by atoms with Crippen molar-refractivity contribution in [3.05, 3.63) is 23.7 Å². The quantitative estimate of drug-likeness (QED) is 0.557. The molecule has 0 radical (unpaired) electrons. The number of methoxy groups -OCH3 is 1. The molecule has 3 heterocycles. The first kappa shape index (κ1) is 24.4. The molecule has 2 aliphatic rings. The molecule has 1 saturated heterocycles. The Morgan fingerprint density at radius 2 is 2.06 bits per heavy atom. The van der Waals surface area contributed by atoms with Gasteiger partial charge in [0.05, 0.1) is 18.8 Å². The van der Waals surface area contributed by atoms with Gasteiger partial charge in [0.1, 0.15) is 11.6 Å². The number of aryl methyl sites for hydroxylation is 1. The van der Waals surface area contributed by atoms with E-state index in [4.69, 9.17) is 14.7 Å². The molecule has 4 rings (SSSR count). The van der Waals surface area contributed by atoms with Crippen LogP contribution in [0.5, 0.6) is 0 Å². The number of fused-ring (bicyclic) bond motifs is 1. The average molecular weight is 472 g/mol. The zero-order chi connectivity index (χ0) is 24.2. The van der Waals surface area contributed by atoms with Crippen molar-refractivity contribution in [1.29, 1.82) is 0 Å². The smallest absolute Gasteiger partial charge is 0.406 e. The summed E-state index contributed by atoms with van der Waals surface area (Å²) in [6.45, 7) is 8.13. The van der Waals surface area contributed by atoms with Crippen molar-refractivity contribution in [3.63, 3.8) is 0 Å². The van der Waals surface area contributed by atoms with Crippen LogP contribution >= 0.6 is 0 Å². The lowest BCUT2D eigenvalue weighted by molar-refractivity contribution is -0.149. The number of nitrogens with zero attached hydrogens (tertiary/aromatic N) is 4. The number of nitrogens with one attached hydrogen (secondary N) is 1. The Bertz CT molecular complexity index is 1010. The molecule has 2 atom stereocenters. The fourth-order valence-corrected chi connectivity index (χ4v) is 4.64. The maximum atomic E-state index is 13.5. The number of carbonyl (C=O) groups excluding carboxylic acids is 2. The molecule has 1 saturated carbocycles. The Labute approximate surface area is 201 Å². The minimum atomic E-state index is -0.433. The van der Waals surface area contributed by atoms with Crippen LogP contribution in [0.4, 0.5) is 4.79 Å². The second kappa shape index (κ2) is 10.7. The number of hydrogen-bond acceptors (Lipinski definition) is 6. The molecule has 0 aromatic carbocycles. The molecule has 2 fully saturated rings. The molecule has 0 unspecified atom stereocenters. The van der Waals surface area contributed by atoms with Crippen LogP contribution in [0.15, 0.2) is 12.4 Å². The van der Waals surface area contributed by atoms with E-state index in [9.17, 15) is 9.59 Å². The summed E-state index contributed by atoms with van der Waals surface area (Å²) in [4.78, 5) is 36.6. The molecule has 9 nitrogen and oxygen atoms in total. The summed E-state index contributed by atoms with van der Waals surface area (Å²) >= 11 is 0. The lowest BCUT2D eigenvalue weighted by Gasteiger charge is -2.33. The van der Waals surface area contributed by atoms with Crippen LogP contribution in [0, 0.1) is 0 Å². The molecule has 1 aliphatic carbocycles. The highest BCUT2D eigenvalue weighted by atomic mass is 16.5. The van der Waals surface area contributed by atoms with Crippen LogP contribution in [-0.2, 0) is 20.8 Å². The molecular formula is C25H37N5O4. The summed E-state index contributed by atoms with van der Waals surface area (Å²) < 4.78 is 12.6. The van der Waals surface area contributed by atoms with Gasteiger partial charge in [0, 0.05) is 43.7 Å². The first-order valence-electron chi connectivity index (χ1n) is 12.5. The molecule has 2 aromatic rings. The Kier molecular flexibility index (Phi) is 7.70. The van der Waals surface area contributed by atoms with Crippen LogP contribution in [-0.4, -0.2) is 63.8 Å². The van der Waals surface area contributed by atoms with Crippen molar-refractivity contribution < 1.29 is 19.1 Å². The highest BCUT2D eigenvalue weighted by Crippen LogP contribution is 2.38. The van der Waals surface area contributed by atoms with Gasteiger partial charge in [-0.25, -0.2) is 9.78 Å². The summed E-state index contributed by atoms with van der Waals surface area (Å²) in [6.07, 6.45) is 8.80. The Balaban J connectivity index is 1.62. The van der Waals surface area contributed by atoms with E-state index in [1.165, 1.54) is 7.11 Å². The molecule has 1 N–H and O–H groups in total. The van der Waals surface area contributed by atoms with Gasteiger partial charge in [0.25, 0.3) is 5.91 Å². The predicted molar refractivity (Wildman–Crippen MR) is 129 cm³/mol. The highest BCUT2D eigenvalue weighted by molar-refractivity contribution is 5.83. The van der Waals surface area contributed by atoms with Gasteiger partial charge in [0.15, 0.2) is 5.65 Å². The number of alkyl carbamates (subject to hydrolysis) is 1. The fourth-order valence-electron chi connectivity index (χ4n) is 4.64. The second-order valence-corrected chi connectivity index (χ2v) is 9.68. The second-order valence-electron chi connectivity index (χ2n) is 9.68. The van der Waals surface area contributed by atoms with Gasteiger partial charge in [-0.1, -0.05) is 13.8 Å². The van der Waals surface area contributed by atoms with Gasteiger partial charge in [0.2, 0.25) is 0 Å². The highest BCUT2D eigenvalue weighted by Gasteiger charge is 2.40. The standard InChI is InChI=1S/C25H37N5O4/c1-16(2)20-14-27-22-19(15-29(23(22)28-20)12-7-11-26-25(32)33-4)17(3)30(18-9-10-18)24(31)21-8-5-6-13-34-21/h14-18,21H,5-13H2,1-4H3,(H,26,32)/t17-,21-/m1/s1. The average Bonchev–Trinajstić information content (AvgIpc) is 3.62. The Hall–Kier alpha value is -2.68. The van der Waals surface area contributed by atoms with Crippen molar-refractivity contribution >= 4 is 23.2 Å². The van der Waals surface area contributed by atoms with Gasteiger partial charge < -0.3 is 24.3 Å². The number of rotatable bonds is 9. The molecule has 0 spiro atoms. The summed E-state index contributed by atoms with van der Waals surface area (Å²) in [6, 6.07) is 0.139. The van der Waals surface area contributed by atoms with Gasteiger partial charge in [-0.05, 0) is 51.4 Å². The van der Waals surface area contributed by atoms with Crippen molar-refractivity contribution in [2.75, 3.05) is 20.3 Å². The molecular weight excluding hydrogens is 434 g/mol. The van der Waals surface area contributed by atoms with Crippen molar-refractivity contribution in [2.24, 2.45) is 0 Å². The van der Waals surface area contributed by atoms with E-state index in [2.05, 4.69) is 41.6 Å². The van der Waals surface area contributed by atoms with E-state index >= 15 is 0 Å². The van der Waals surface area contributed by atoms with E-state index in [0.717, 1.165) is 60.9 Å². The van der Waals surface area contributed by atoms with Crippen molar-refractivity contribution in [3.8, 4) is 0 Å². The molecule has 1 aliphatic heterocycles. The SMILES string of the molecule is COC(=O)NCCCn1cc([C@@H](C)N(C(=O)[C@H]2CCCCO2)C2CC2)c2ncc(C(C)C)nc21. The summed E-state index contributed by atoms with van der Waals surface area (Å²) in [5.41, 5.74) is 3.60. The lowest BCUT2D eigenvalue weighted by atomic mass is 10.0. The summed E-state index contributed by atoms with van der Waals surface area (Å²) in [5.74, 6) is 0.361. The van der Waals surface area contributed by atoms with E-state index in [1.54, 1.807) is 0 Å². The molecule has 9 heteroatoms. The first-order valence-corrected chi connectivity index (χ1v) is 12.5. The van der Waals surface area contributed by atoms with Crippen molar-refractivity contribution in [1.82, 2.24) is 24.8 Å². The lowest BCUT2D eigenvalue weighted by Crippen LogP contribution is -2.44. The van der Waals surface area contributed by atoms with Crippen LogP contribution in [0.2, 0.25) is 0 Å². The van der Waals surface area contributed by atoms with Gasteiger partial charge in [-0.15, -0.1) is 0 Å². The van der Waals surface area contributed by atoms with Gasteiger partial charge >= 0.3 is 6.09 Å². The molecule has 186 valence electrons. The molecule has 2 aromatic heterocycles. The number of hydrogen-bond donors (Lipinski definition) is 1. The van der Waals surface area contributed by atoms with Gasteiger partial charge in [-0.3, -0.25) is 9.78 Å². The number of ether oxygens (including phenoxy) is 2. The third kappa shape index (κ3) is 5.35. The first-order chi connectivity index (χ1) is 16.4. The third-order valence-electron chi connectivity index (χ3n) is 6.75. The minimum absolute atomic E-state index is 0.102. The minimum Gasteiger partial charge on any atom is -0.453 e. The van der Waals surface area contributed by atoms with E-state index in [0.29, 0.717) is 19.7 Å². The normalized spacial score (nSPS) is 19.3. The predicted octanol–water partition coefficient (Wildman–Crippen LogP) is 3.92. The third-order valence-corrected chi connectivity index (χ3v) is 6.75. The molecule has 0 bridgehead atoms. The van der Waals surface area contributed by atoms with Crippen molar-refractivity contribution in [2.45, 2.75) is 89.9 Å². The van der Waals surface area contributed by atoms with Crippen LogP contribution in [0.3, 0.4) is 0 Å². The summed E-state index contributed by atoms with van der Waals surface area (Å²) in [5, 5.41) is 2.73. The molecule has 2 amide bonds. The number of carbonyl (C=O) groups is 2. The van der Waals surface area contributed by atoms with Crippen LogP contribution < -0.4 is 5.32 Å². The maximum absolute atomic E-state index is 13.5. The number of amides is 2. The van der Waals surface area contributed by atoms with E-state index < -0.39 is 6.09 Å². The largest absolute Gasteiger partial charge is 0.453 e. The Morgan fingerprint density at radius 3 is 2.71 bits per heavy atom. The van der Waals surface area contributed by atoms with Gasteiger partial charge in [-0.2, -0.15) is 0 Å². The Morgan fingerprint density at radius 1 is 1.26 bits per heavy atom. The van der Waals surface area contributed by atoms with E-state index in [1.807, 2.05) is 11.1 Å². The fraction of sp³-hybridized carbons (Fsp3) is 0.680. The van der Waals surface area contributed by atoms with E-state index in [-0.39, 0.29) is 30.0 Å². The zero-order valence-electron chi connectivity index (χ0n) is 20.7.